The first-order chi connectivity index (χ1) is 14.8. The third-order valence-electron chi connectivity index (χ3n) is 5.29. The number of aromatic nitrogens is 2. The molecule has 0 bridgehead atoms. The van der Waals surface area contributed by atoms with Crippen LogP contribution in [0, 0.1) is 6.92 Å². The first kappa shape index (κ1) is 21.0. The molecular formula is C22H21F3N4O2. The Morgan fingerprint density at radius 3 is 2.81 bits per heavy atom. The number of benzene rings is 2. The number of hydrogen-bond donors (Lipinski definition) is 1. The fourth-order valence-corrected chi connectivity index (χ4v) is 3.69. The lowest BCUT2D eigenvalue weighted by atomic mass is 10.1. The van der Waals surface area contributed by atoms with E-state index in [0.717, 1.165) is 29.7 Å². The SMILES string of the molecule is Cc1ccccc1-c1noc([C@H]2CCN(CC(=O)Nc3cccc(C(F)(F)F)c3)C2)n1. The molecule has 1 saturated heterocycles. The van der Waals surface area contributed by atoms with Crippen molar-refractivity contribution in [2.24, 2.45) is 0 Å². The van der Waals surface area contributed by atoms with Gasteiger partial charge in [-0.1, -0.05) is 35.5 Å². The number of carbonyl (C=O) groups excluding carboxylic acids is 1. The third kappa shape index (κ3) is 4.93. The van der Waals surface area contributed by atoms with Crippen LogP contribution in [0.3, 0.4) is 0 Å². The van der Waals surface area contributed by atoms with E-state index in [-0.39, 0.29) is 24.1 Å². The Morgan fingerprint density at radius 1 is 1.23 bits per heavy atom. The number of nitrogens with zero attached hydrogens (tertiary/aromatic N) is 3. The second kappa shape index (κ2) is 8.50. The maximum absolute atomic E-state index is 12.8. The van der Waals surface area contributed by atoms with Crippen LogP contribution < -0.4 is 5.32 Å². The summed E-state index contributed by atoms with van der Waals surface area (Å²) in [6.45, 7) is 3.27. The number of carbonyl (C=O) groups is 1. The minimum absolute atomic E-state index is 0.00613. The first-order valence-electron chi connectivity index (χ1n) is 9.88. The van der Waals surface area contributed by atoms with Gasteiger partial charge in [0, 0.05) is 17.8 Å². The average molecular weight is 430 g/mol. The second-order valence-electron chi connectivity index (χ2n) is 7.62. The molecule has 1 amide bonds. The molecule has 1 atom stereocenters. The lowest BCUT2D eigenvalue weighted by molar-refractivity contribution is -0.137. The summed E-state index contributed by atoms with van der Waals surface area (Å²) in [4.78, 5) is 18.8. The summed E-state index contributed by atoms with van der Waals surface area (Å²) in [6, 6.07) is 12.4. The van der Waals surface area contributed by atoms with Crippen molar-refractivity contribution in [2.75, 3.05) is 25.0 Å². The number of halogens is 3. The molecule has 0 spiro atoms. The summed E-state index contributed by atoms with van der Waals surface area (Å²) in [5.74, 6) is 0.700. The van der Waals surface area contributed by atoms with E-state index in [2.05, 4.69) is 15.5 Å². The van der Waals surface area contributed by atoms with Crippen LogP contribution in [0.2, 0.25) is 0 Å². The highest BCUT2D eigenvalue weighted by atomic mass is 19.4. The van der Waals surface area contributed by atoms with Crippen LogP contribution in [0.5, 0.6) is 0 Å². The number of nitrogens with one attached hydrogen (secondary N) is 1. The highest BCUT2D eigenvalue weighted by Gasteiger charge is 2.31. The normalized spacial score (nSPS) is 17.1. The van der Waals surface area contributed by atoms with E-state index in [0.29, 0.717) is 24.8 Å². The Kier molecular flexibility index (Phi) is 5.77. The zero-order chi connectivity index (χ0) is 22.0. The van der Waals surface area contributed by atoms with E-state index >= 15 is 0 Å². The van der Waals surface area contributed by atoms with Gasteiger partial charge in [-0.2, -0.15) is 18.2 Å². The molecule has 0 saturated carbocycles. The zero-order valence-electron chi connectivity index (χ0n) is 16.8. The minimum Gasteiger partial charge on any atom is -0.339 e. The van der Waals surface area contributed by atoms with Crippen LogP contribution in [-0.2, 0) is 11.0 Å². The first-order valence-corrected chi connectivity index (χ1v) is 9.88. The van der Waals surface area contributed by atoms with Crippen LogP contribution in [0.1, 0.15) is 29.4 Å². The maximum atomic E-state index is 12.8. The highest BCUT2D eigenvalue weighted by molar-refractivity contribution is 5.92. The average Bonchev–Trinajstić information content (AvgIpc) is 3.37. The van der Waals surface area contributed by atoms with Crippen molar-refractivity contribution in [3.05, 3.63) is 65.5 Å². The molecule has 1 aromatic heterocycles. The predicted octanol–water partition coefficient (Wildman–Crippen LogP) is 4.49. The summed E-state index contributed by atoms with van der Waals surface area (Å²) in [5, 5.41) is 6.62. The molecule has 1 aliphatic heterocycles. The quantitative estimate of drug-likeness (QED) is 0.646. The molecule has 2 aromatic carbocycles. The van der Waals surface area contributed by atoms with Gasteiger partial charge in [0.2, 0.25) is 17.6 Å². The minimum atomic E-state index is -4.45. The van der Waals surface area contributed by atoms with Gasteiger partial charge in [0.15, 0.2) is 0 Å². The van der Waals surface area contributed by atoms with Gasteiger partial charge in [-0.25, -0.2) is 0 Å². The van der Waals surface area contributed by atoms with Gasteiger partial charge in [-0.05, 0) is 43.7 Å². The number of amides is 1. The van der Waals surface area contributed by atoms with Crippen molar-refractivity contribution in [3.8, 4) is 11.4 Å². The molecule has 1 N–H and O–H groups in total. The smallest absolute Gasteiger partial charge is 0.339 e. The van der Waals surface area contributed by atoms with Crippen molar-refractivity contribution >= 4 is 11.6 Å². The van der Waals surface area contributed by atoms with Gasteiger partial charge in [-0.3, -0.25) is 9.69 Å². The van der Waals surface area contributed by atoms with Crippen LogP contribution in [0.15, 0.2) is 53.1 Å². The summed E-state index contributed by atoms with van der Waals surface area (Å²) >= 11 is 0. The van der Waals surface area contributed by atoms with Crippen LogP contribution in [0.25, 0.3) is 11.4 Å². The van der Waals surface area contributed by atoms with Crippen molar-refractivity contribution < 1.29 is 22.5 Å². The van der Waals surface area contributed by atoms with Gasteiger partial charge in [0.1, 0.15) is 0 Å². The third-order valence-corrected chi connectivity index (χ3v) is 5.29. The van der Waals surface area contributed by atoms with Crippen LogP contribution in [0.4, 0.5) is 18.9 Å². The molecule has 162 valence electrons. The number of hydrogen-bond acceptors (Lipinski definition) is 5. The Labute approximate surface area is 177 Å². The van der Waals surface area contributed by atoms with E-state index in [1.165, 1.54) is 12.1 Å². The predicted molar refractivity (Wildman–Crippen MR) is 108 cm³/mol. The molecule has 4 rings (SSSR count). The zero-order valence-corrected chi connectivity index (χ0v) is 16.8. The van der Waals surface area contributed by atoms with E-state index in [1.54, 1.807) is 0 Å². The van der Waals surface area contributed by atoms with Gasteiger partial charge in [-0.15, -0.1) is 0 Å². The van der Waals surface area contributed by atoms with Crippen molar-refractivity contribution in [1.82, 2.24) is 15.0 Å². The number of rotatable bonds is 5. The fourth-order valence-electron chi connectivity index (χ4n) is 3.69. The van der Waals surface area contributed by atoms with E-state index in [4.69, 9.17) is 4.52 Å². The topological polar surface area (TPSA) is 71.3 Å². The molecule has 0 unspecified atom stereocenters. The number of anilines is 1. The molecule has 0 radical (unpaired) electrons. The number of alkyl halides is 3. The molecule has 1 aliphatic rings. The maximum Gasteiger partial charge on any atom is 0.416 e. The lowest BCUT2D eigenvalue weighted by Crippen LogP contribution is -2.31. The Balaban J connectivity index is 1.35. The van der Waals surface area contributed by atoms with E-state index < -0.39 is 11.7 Å². The largest absolute Gasteiger partial charge is 0.416 e. The molecule has 9 heteroatoms. The number of likely N-dealkylation sites (tertiary alicyclic amines) is 1. The standard InChI is InChI=1S/C22H21F3N4O2/c1-14-5-2-3-8-18(14)20-27-21(31-28-20)15-9-10-29(12-15)13-19(30)26-17-7-4-6-16(11-17)22(23,24)25/h2-8,11,15H,9-10,12-13H2,1H3,(H,26,30)/t15-/m0/s1. The van der Waals surface area contributed by atoms with Crippen LogP contribution >= 0.6 is 0 Å². The molecule has 2 heterocycles. The van der Waals surface area contributed by atoms with E-state index in [9.17, 15) is 18.0 Å². The van der Waals surface area contributed by atoms with Crippen LogP contribution in [-0.4, -0.2) is 40.6 Å². The van der Waals surface area contributed by atoms with Gasteiger partial charge in [0.05, 0.1) is 18.0 Å². The van der Waals surface area contributed by atoms with Gasteiger partial charge < -0.3 is 9.84 Å². The van der Waals surface area contributed by atoms with Crippen molar-refractivity contribution in [3.63, 3.8) is 0 Å². The van der Waals surface area contributed by atoms with Gasteiger partial charge >= 0.3 is 6.18 Å². The molecule has 31 heavy (non-hydrogen) atoms. The molecular weight excluding hydrogens is 409 g/mol. The molecule has 3 aromatic rings. The highest BCUT2D eigenvalue weighted by Crippen LogP contribution is 2.31. The summed E-state index contributed by atoms with van der Waals surface area (Å²) < 4.78 is 43.9. The van der Waals surface area contributed by atoms with E-state index in [1.807, 2.05) is 36.1 Å². The monoisotopic (exact) mass is 430 g/mol. The van der Waals surface area contributed by atoms with Crippen molar-refractivity contribution in [2.45, 2.75) is 25.4 Å². The Morgan fingerprint density at radius 2 is 2.03 bits per heavy atom. The second-order valence-corrected chi connectivity index (χ2v) is 7.62. The Hall–Kier alpha value is -3.20. The summed E-state index contributed by atoms with van der Waals surface area (Å²) in [6.07, 6.45) is -3.70. The lowest BCUT2D eigenvalue weighted by Gasteiger charge is -2.15. The molecule has 0 aliphatic carbocycles. The van der Waals surface area contributed by atoms with Crippen molar-refractivity contribution in [1.29, 1.82) is 0 Å². The summed E-state index contributed by atoms with van der Waals surface area (Å²) in [7, 11) is 0. The van der Waals surface area contributed by atoms with Gasteiger partial charge in [0.25, 0.3) is 0 Å². The molecule has 6 nitrogen and oxygen atoms in total. The molecule has 1 fully saturated rings. The fraction of sp³-hybridized carbons (Fsp3) is 0.318. The summed E-state index contributed by atoms with van der Waals surface area (Å²) in [5.41, 5.74) is 1.28. The Bertz CT molecular complexity index is 1080. The number of aryl methyl sites for hydroxylation is 1.